The van der Waals surface area contributed by atoms with Crippen LogP contribution in [0.3, 0.4) is 0 Å². The van der Waals surface area contributed by atoms with E-state index in [1.54, 1.807) is 0 Å². The lowest BCUT2D eigenvalue weighted by atomic mass is 10.0. The zero-order valence-electron chi connectivity index (χ0n) is 9.79. The topological polar surface area (TPSA) is 15.3 Å². The molecule has 2 aliphatic heterocycles. The zero-order chi connectivity index (χ0) is 10.1. The van der Waals surface area contributed by atoms with Gasteiger partial charge < -0.3 is 5.32 Å². The average molecular weight is 196 g/mol. The van der Waals surface area contributed by atoms with Gasteiger partial charge in [-0.1, -0.05) is 6.92 Å². The standard InChI is InChI=1S/C12H24N2/c1-9-6-8-14(10(9)2)11(3)12-5-4-7-13-12/h9-13H,4-8H2,1-3H3. The number of hydrogen-bond donors (Lipinski definition) is 1. The molecule has 4 unspecified atom stereocenters. The van der Waals surface area contributed by atoms with Crippen molar-refractivity contribution in [3.05, 3.63) is 0 Å². The van der Waals surface area contributed by atoms with Crippen molar-refractivity contribution in [1.82, 2.24) is 10.2 Å². The predicted molar refractivity (Wildman–Crippen MR) is 60.4 cm³/mol. The van der Waals surface area contributed by atoms with Crippen LogP contribution in [0, 0.1) is 5.92 Å². The molecule has 0 aromatic carbocycles. The molecule has 0 aromatic heterocycles. The fourth-order valence-corrected chi connectivity index (χ4v) is 3.05. The van der Waals surface area contributed by atoms with Gasteiger partial charge in [0, 0.05) is 18.1 Å². The lowest BCUT2D eigenvalue weighted by Gasteiger charge is -2.33. The molecule has 0 amide bonds. The third-order valence-electron chi connectivity index (χ3n) is 4.39. The second-order valence-corrected chi connectivity index (χ2v) is 5.19. The molecule has 0 bridgehead atoms. The smallest absolute Gasteiger partial charge is 0.0224 e. The summed E-state index contributed by atoms with van der Waals surface area (Å²) in [6, 6.07) is 2.27. The second kappa shape index (κ2) is 4.19. The van der Waals surface area contributed by atoms with Crippen molar-refractivity contribution in [2.45, 2.75) is 58.2 Å². The molecule has 2 nitrogen and oxygen atoms in total. The highest BCUT2D eigenvalue weighted by molar-refractivity contribution is 4.91. The summed E-state index contributed by atoms with van der Waals surface area (Å²) in [5.41, 5.74) is 0. The van der Waals surface area contributed by atoms with E-state index in [2.05, 4.69) is 31.0 Å². The van der Waals surface area contributed by atoms with E-state index in [1.165, 1.54) is 32.4 Å². The first kappa shape index (κ1) is 10.4. The SMILES string of the molecule is CC1CCN(C(C)C2CCCN2)C1C. The van der Waals surface area contributed by atoms with Gasteiger partial charge in [0.25, 0.3) is 0 Å². The van der Waals surface area contributed by atoms with Gasteiger partial charge in [-0.2, -0.15) is 0 Å². The van der Waals surface area contributed by atoms with Crippen molar-refractivity contribution >= 4 is 0 Å². The van der Waals surface area contributed by atoms with E-state index >= 15 is 0 Å². The molecule has 0 aromatic rings. The molecule has 14 heavy (non-hydrogen) atoms. The molecular weight excluding hydrogens is 172 g/mol. The first-order valence-electron chi connectivity index (χ1n) is 6.19. The van der Waals surface area contributed by atoms with Gasteiger partial charge >= 0.3 is 0 Å². The highest BCUT2D eigenvalue weighted by Crippen LogP contribution is 2.27. The Bertz CT molecular complexity index is 187. The van der Waals surface area contributed by atoms with Crippen molar-refractivity contribution in [3.63, 3.8) is 0 Å². The third-order valence-corrected chi connectivity index (χ3v) is 4.39. The normalized spacial score (nSPS) is 41.8. The van der Waals surface area contributed by atoms with Gasteiger partial charge in [-0.05, 0) is 52.1 Å². The molecule has 2 fully saturated rings. The minimum Gasteiger partial charge on any atom is -0.312 e. The fourth-order valence-electron chi connectivity index (χ4n) is 3.05. The van der Waals surface area contributed by atoms with E-state index in [-0.39, 0.29) is 0 Å². The second-order valence-electron chi connectivity index (χ2n) is 5.19. The van der Waals surface area contributed by atoms with E-state index < -0.39 is 0 Å². The summed E-state index contributed by atoms with van der Waals surface area (Å²) < 4.78 is 0. The van der Waals surface area contributed by atoms with E-state index in [9.17, 15) is 0 Å². The lowest BCUT2D eigenvalue weighted by Crippen LogP contribution is -2.47. The van der Waals surface area contributed by atoms with Crippen LogP contribution in [0.5, 0.6) is 0 Å². The van der Waals surface area contributed by atoms with Crippen LogP contribution in [-0.2, 0) is 0 Å². The van der Waals surface area contributed by atoms with Gasteiger partial charge in [-0.25, -0.2) is 0 Å². The van der Waals surface area contributed by atoms with Crippen LogP contribution in [-0.4, -0.2) is 36.1 Å². The Hall–Kier alpha value is -0.0800. The maximum Gasteiger partial charge on any atom is 0.0224 e. The molecule has 4 atom stereocenters. The Kier molecular flexibility index (Phi) is 3.13. The molecule has 0 spiro atoms. The highest BCUT2D eigenvalue weighted by Gasteiger charge is 2.34. The first-order valence-corrected chi connectivity index (χ1v) is 6.19. The quantitative estimate of drug-likeness (QED) is 0.725. The van der Waals surface area contributed by atoms with Crippen molar-refractivity contribution in [2.24, 2.45) is 5.92 Å². The number of nitrogens with zero attached hydrogens (tertiary/aromatic N) is 1. The van der Waals surface area contributed by atoms with Crippen molar-refractivity contribution in [1.29, 1.82) is 0 Å². The Morgan fingerprint density at radius 2 is 2.07 bits per heavy atom. The van der Waals surface area contributed by atoms with Crippen molar-refractivity contribution in [3.8, 4) is 0 Å². The van der Waals surface area contributed by atoms with Crippen molar-refractivity contribution in [2.75, 3.05) is 13.1 Å². The summed E-state index contributed by atoms with van der Waals surface area (Å²) in [6.07, 6.45) is 4.13. The maximum atomic E-state index is 3.63. The first-order chi connectivity index (χ1) is 6.70. The Balaban J connectivity index is 1.93. The van der Waals surface area contributed by atoms with Gasteiger partial charge in [0.1, 0.15) is 0 Å². The van der Waals surface area contributed by atoms with E-state index in [0.717, 1.165) is 24.0 Å². The zero-order valence-corrected chi connectivity index (χ0v) is 9.79. The molecule has 2 saturated heterocycles. The summed E-state index contributed by atoms with van der Waals surface area (Å²) >= 11 is 0. The van der Waals surface area contributed by atoms with Gasteiger partial charge in [0.05, 0.1) is 0 Å². The molecule has 0 aliphatic carbocycles. The number of likely N-dealkylation sites (tertiary alicyclic amines) is 1. The number of rotatable bonds is 2. The lowest BCUT2D eigenvalue weighted by molar-refractivity contribution is 0.158. The van der Waals surface area contributed by atoms with Gasteiger partial charge in [0.2, 0.25) is 0 Å². The minimum absolute atomic E-state index is 0.734. The summed E-state index contributed by atoms with van der Waals surface area (Å²) in [6.45, 7) is 9.72. The summed E-state index contributed by atoms with van der Waals surface area (Å²) in [5, 5.41) is 3.63. The minimum atomic E-state index is 0.734. The van der Waals surface area contributed by atoms with E-state index in [1.807, 2.05) is 0 Å². The summed E-state index contributed by atoms with van der Waals surface area (Å²) in [4.78, 5) is 2.70. The van der Waals surface area contributed by atoms with Crippen LogP contribution in [0.2, 0.25) is 0 Å². The number of hydrogen-bond acceptors (Lipinski definition) is 2. The van der Waals surface area contributed by atoms with Crippen LogP contribution in [0.4, 0.5) is 0 Å². The molecule has 0 saturated carbocycles. The molecular formula is C12H24N2. The fraction of sp³-hybridized carbons (Fsp3) is 1.00. The average Bonchev–Trinajstić information content (AvgIpc) is 2.77. The predicted octanol–water partition coefficient (Wildman–Crippen LogP) is 1.86. The van der Waals surface area contributed by atoms with Crippen LogP contribution < -0.4 is 5.32 Å². The molecule has 2 heteroatoms. The van der Waals surface area contributed by atoms with E-state index in [4.69, 9.17) is 0 Å². The maximum absolute atomic E-state index is 3.63. The molecule has 2 rings (SSSR count). The summed E-state index contributed by atoms with van der Waals surface area (Å²) in [7, 11) is 0. The summed E-state index contributed by atoms with van der Waals surface area (Å²) in [5.74, 6) is 0.888. The molecule has 1 N–H and O–H groups in total. The molecule has 2 aliphatic rings. The molecule has 0 radical (unpaired) electrons. The van der Waals surface area contributed by atoms with Crippen LogP contribution >= 0.6 is 0 Å². The monoisotopic (exact) mass is 196 g/mol. The highest BCUT2D eigenvalue weighted by atomic mass is 15.2. The van der Waals surface area contributed by atoms with Crippen molar-refractivity contribution < 1.29 is 0 Å². The molecule has 82 valence electrons. The molecule has 2 heterocycles. The third kappa shape index (κ3) is 1.82. The van der Waals surface area contributed by atoms with E-state index in [0.29, 0.717) is 0 Å². The van der Waals surface area contributed by atoms with Gasteiger partial charge in [0.15, 0.2) is 0 Å². The number of nitrogens with one attached hydrogen (secondary N) is 1. The van der Waals surface area contributed by atoms with Crippen LogP contribution in [0.25, 0.3) is 0 Å². The van der Waals surface area contributed by atoms with Gasteiger partial charge in [-0.15, -0.1) is 0 Å². The Labute approximate surface area is 88.1 Å². The van der Waals surface area contributed by atoms with Crippen LogP contribution in [0.15, 0.2) is 0 Å². The Morgan fingerprint density at radius 3 is 2.57 bits per heavy atom. The Morgan fingerprint density at radius 1 is 1.29 bits per heavy atom. The largest absolute Gasteiger partial charge is 0.312 e. The van der Waals surface area contributed by atoms with Crippen LogP contribution in [0.1, 0.15) is 40.0 Å². The van der Waals surface area contributed by atoms with Gasteiger partial charge in [-0.3, -0.25) is 4.90 Å².